The Hall–Kier alpha value is -2.41. The quantitative estimate of drug-likeness (QED) is 0.733. The van der Waals surface area contributed by atoms with Crippen LogP contribution in [0.5, 0.6) is 0 Å². The maximum Gasteiger partial charge on any atom is 0.344 e. The molecule has 6 nitrogen and oxygen atoms in total. The summed E-state index contributed by atoms with van der Waals surface area (Å²) in [5.41, 5.74) is -0.125. The molecule has 1 fully saturated rings. The largest absolute Gasteiger partial charge is 0.452 e. The van der Waals surface area contributed by atoms with Gasteiger partial charge >= 0.3 is 5.97 Å². The summed E-state index contributed by atoms with van der Waals surface area (Å²) in [6, 6.07) is 4.27. The standard InChI is InChI=1S/C19H20ClFN2O4/c1-11-6-3-4-9-23(11)15(24)10-26-19(25)16-12(2)27-22-18(16)17-13(20)7-5-8-14(17)21/h5,7-8,11H,3-4,6,9-10H2,1-2H3/t11-/m1/s1. The molecule has 0 unspecified atom stereocenters. The first kappa shape index (κ1) is 19.4. The van der Waals surface area contributed by atoms with E-state index in [9.17, 15) is 14.0 Å². The number of amides is 1. The van der Waals surface area contributed by atoms with E-state index in [1.807, 2.05) is 6.92 Å². The van der Waals surface area contributed by atoms with Crippen molar-refractivity contribution in [1.82, 2.24) is 10.1 Å². The minimum Gasteiger partial charge on any atom is -0.452 e. The molecule has 0 spiro atoms. The molecule has 2 aromatic rings. The van der Waals surface area contributed by atoms with Crippen molar-refractivity contribution in [2.24, 2.45) is 0 Å². The summed E-state index contributed by atoms with van der Waals surface area (Å²) in [5, 5.41) is 3.86. The van der Waals surface area contributed by atoms with Crippen molar-refractivity contribution < 1.29 is 23.2 Å². The lowest BCUT2D eigenvalue weighted by atomic mass is 10.0. The van der Waals surface area contributed by atoms with Crippen molar-refractivity contribution in [3.63, 3.8) is 0 Å². The normalized spacial score (nSPS) is 17.0. The highest BCUT2D eigenvalue weighted by Gasteiger charge is 2.28. The van der Waals surface area contributed by atoms with E-state index in [0.29, 0.717) is 6.54 Å². The van der Waals surface area contributed by atoms with Gasteiger partial charge in [0.05, 0.1) is 10.6 Å². The number of nitrogens with zero attached hydrogens (tertiary/aromatic N) is 2. The lowest BCUT2D eigenvalue weighted by Gasteiger charge is -2.33. The molecule has 1 aromatic heterocycles. The molecule has 0 N–H and O–H groups in total. The molecule has 0 aliphatic carbocycles. The first-order valence-corrected chi connectivity index (χ1v) is 9.15. The van der Waals surface area contributed by atoms with Crippen molar-refractivity contribution in [2.45, 2.75) is 39.2 Å². The van der Waals surface area contributed by atoms with E-state index in [-0.39, 0.29) is 39.6 Å². The summed E-state index contributed by atoms with van der Waals surface area (Å²) in [6.45, 7) is 3.75. The van der Waals surface area contributed by atoms with Crippen LogP contribution in [0, 0.1) is 12.7 Å². The number of likely N-dealkylation sites (tertiary alicyclic amines) is 1. The molecule has 1 saturated heterocycles. The lowest BCUT2D eigenvalue weighted by Crippen LogP contribution is -2.44. The summed E-state index contributed by atoms with van der Waals surface area (Å²) in [7, 11) is 0. The van der Waals surface area contributed by atoms with Crippen LogP contribution in [-0.2, 0) is 9.53 Å². The molecule has 8 heteroatoms. The third-order valence-corrected chi connectivity index (χ3v) is 5.03. The van der Waals surface area contributed by atoms with Crippen LogP contribution in [0.1, 0.15) is 42.3 Å². The molecule has 3 rings (SSSR count). The van der Waals surface area contributed by atoms with E-state index < -0.39 is 18.4 Å². The van der Waals surface area contributed by atoms with Gasteiger partial charge in [-0.3, -0.25) is 4.79 Å². The van der Waals surface area contributed by atoms with Gasteiger partial charge < -0.3 is 14.2 Å². The second-order valence-electron chi connectivity index (χ2n) is 6.57. The number of aryl methyl sites for hydroxylation is 1. The van der Waals surface area contributed by atoms with Crippen molar-refractivity contribution in [2.75, 3.05) is 13.2 Å². The van der Waals surface area contributed by atoms with E-state index in [0.717, 1.165) is 19.3 Å². The van der Waals surface area contributed by atoms with Crippen LogP contribution >= 0.6 is 11.6 Å². The van der Waals surface area contributed by atoms with Crippen LogP contribution in [0.4, 0.5) is 4.39 Å². The third kappa shape index (κ3) is 3.98. The molecule has 1 aliphatic rings. The highest BCUT2D eigenvalue weighted by Crippen LogP contribution is 2.33. The van der Waals surface area contributed by atoms with E-state index in [2.05, 4.69) is 5.16 Å². The molecule has 1 amide bonds. The average molecular weight is 395 g/mol. The van der Waals surface area contributed by atoms with Crippen LogP contribution in [0.2, 0.25) is 5.02 Å². The lowest BCUT2D eigenvalue weighted by molar-refractivity contribution is -0.137. The fraction of sp³-hybridized carbons (Fsp3) is 0.421. The molecule has 144 valence electrons. The van der Waals surface area contributed by atoms with Gasteiger partial charge in [0, 0.05) is 12.6 Å². The number of carbonyl (C=O) groups is 2. The van der Waals surface area contributed by atoms with E-state index in [1.165, 1.54) is 25.1 Å². The summed E-state index contributed by atoms with van der Waals surface area (Å²) in [6.07, 6.45) is 2.95. The Kier molecular flexibility index (Phi) is 5.79. The van der Waals surface area contributed by atoms with Gasteiger partial charge in [-0.2, -0.15) is 0 Å². The second kappa shape index (κ2) is 8.08. The maximum atomic E-state index is 14.2. The smallest absolute Gasteiger partial charge is 0.344 e. The van der Waals surface area contributed by atoms with Crippen molar-refractivity contribution in [1.29, 1.82) is 0 Å². The Morgan fingerprint density at radius 2 is 2.19 bits per heavy atom. The van der Waals surface area contributed by atoms with E-state index in [1.54, 1.807) is 4.90 Å². The van der Waals surface area contributed by atoms with Gasteiger partial charge in [0.1, 0.15) is 22.8 Å². The molecule has 27 heavy (non-hydrogen) atoms. The number of esters is 1. The Bertz CT molecular complexity index is 847. The highest BCUT2D eigenvalue weighted by atomic mass is 35.5. The second-order valence-corrected chi connectivity index (χ2v) is 6.97. The monoisotopic (exact) mass is 394 g/mol. The molecular weight excluding hydrogens is 375 g/mol. The number of carbonyl (C=O) groups excluding carboxylic acids is 2. The topological polar surface area (TPSA) is 72.6 Å². The fourth-order valence-electron chi connectivity index (χ4n) is 3.26. The Morgan fingerprint density at radius 1 is 1.41 bits per heavy atom. The number of hydrogen-bond donors (Lipinski definition) is 0. The van der Waals surface area contributed by atoms with Crippen LogP contribution < -0.4 is 0 Å². The van der Waals surface area contributed by atoms with Gasteiger partial charge in [0.25, 0.3) is 5.91 Å². The summed E-state index contributed by atoms with van der Waals surface area (Å²) >= 11 is 6.06. The van der Waals surface area contributed by atoms with Crippen LogP contribution in [0.25, 0.3) is 11.3 Å². The number of halogens is 2. The molecule has 1 aromatic carbocycles. The maximum absolute atomic E-state index is 14.2. The molecule has 2 heterocycles. The first-order chi connectivity index (χ1) is 12.9. The van der Waals surface area contributed by atoms with Gasteiger partial charge in [-0.1, -0.05) is 22.8 Å². The van der Waals surface area contributed by atoms with Crippen LogP contribution in [0.15, 0.2) is 22.7 Å². The first-order valence-electron chi connectivity index (χ1n) is 8.77. The highest BCUT2D eigenvalue weighted by molar-refractivity contribution is 6.33. The fourth-order valence-corrected chi connectivity index (χ4v) is 3.51. The minimum absolute atomic E-state index is 0.0403. The van der Waals surface area contributed by atoms with Gasteiger partial charge in [0.2, 0.25) is 0 Å². The summed E-state index contributed by atoms with van der Waals surface area (Å²) < 4.78 is 24.4. The minimum atomic E-state index is -0.805. The Labute approximate surface area is 161 Å². The molecule has 1 atom stereocenters. The summed E-state index contributed by atoms with van der Waals surface area (Å²) in [5.74, 6) is -1.53. The van der Waals surface area contributed by atoms with Crippen molar-refractivity contribution >= 4 is 23.5 Å². The number of aromatic nitrogens is 1. The molecule has 0 bridgehead atoms. The molecule has 0 radical (unpaired) electrons. The number of piperidine rings is 1. The molecular formula is C19H20ClFN2O4. The average Bonchev–Trinajstić information content (AvgIpc) is 3.01. The zero-order chi connectivity index (χ0) is 19.6. The zero-order valence-electron chi connectivity index (χ0n) is 15.1. The van der Waals surface area contributed by atoms with E-state index in [4.69, 9.17) is 20.9 Å². The van der Waals surface area contributed by atoms with Crippen LogP contribution in [0.3, 0.4) is 0 Å². The number of benzene rings is 1. The molecule has 0 saturated carbocycles. The Morgan fingerprint density at radius 3 is 2.89 bits per heavy atom. The SMILES string of the molecule is Cc1onc(-c2c(F)cccc2Cl)c1C(=O)OCC(=O)N1CCCC[C@H]1C. The van der Waals surface area contributed by atoms with Crippen molar-refractivity contribution in [3.05, 3.63) is 40.4 Å². The van der Waals surface area contributed by atoms with E-state index >= 15 is 0 Å². The van der Waals surface area contributed by atoms with Gasteiger partial charge in [-0.15, -0.1) is 0 Å². The van der Waals surface area contributed by atoms with Crippen molar-refractivity contribution in [3.8, 4) is 11.3 Å². The number of rotatable bonds is 4. The predicted octanol–water partition coefficient (Wildman–Crippen LogP) is 4.00. The number of hydrogen-bond acceptors (Lipinski definition) is 5. The number of ether oxygens (including phenoxy) is 1. The third-order valence-electron chi connectivity index (χ3n) is 4.72. The predicted molar refractivity (Wildman–Crippen MR) is 97.0 cm³/mol. The van der Waals surface area contributed by atoms with Gasteiger partial charge in [-0.25, -0.2) is 9.18 Å². The summed E-state index contributed by atoms with van der Waals surface area (Å²) in [4.78, 5) is 26.6. The van der Waals surface area contributed by atoms with Crippen LogP contribution in [-0.4, -0.2) is 41.1 Å². The Balaban J connectivity index is 1.78. The zero-order valence-corrected chi connectivity index (χ0v) is 15.9. The van der Waals surface area contributed by atoms with Gasteiger partial charge in [-0.05, 0) is 45.2 Å². The van der Waals surface area contributed by atoms with Gasteiger partial charge in [0.15, 0.2) is 6.61 Å². The molecule has 1 aliphatic heterocycles.